The van der Waals surface area contributed by atoms with Crippen LogP contribution >= 0.6 is 15.9 Å². The zero-order valence-electron chi connectivity index (χ0n) is 14.0. The van der Waals surface area contributed by atoms with Gasteiger partial charge in [0.25, 0.3) is 0 Å². The normalized spacial score (nSPS) is 12.3. The molecule has 2 N–H and O–H groups in total. The van der Waals surface area contributed by atoms with Crippen LogP contribution in [0.5, 0.6) is 5.75 Å². The van der Waals surface area contributed by atoms with E-state index in [0.717, 1.165) is 15.6 Å². The Hall–Kier alpha value is -1.95. The number of benzene rings is 2. The van der Waals surface area contributed by atoms with Crippen LogP contribution in [0.4, 0.5) is 0 Å². The molecule has 0 fully saturated rings. The molecule has 1 atom stereocenters. The lowest BCUT2D eigenvalue weighted by Crippen LogP contribution is -2.14. The minimum atomic E-state index is -0.862. The standard InChI is InChI=1S/C20H21BrO4/c1-25-20-11-6-15(19(24)10-9-18(23)13-22)12-16(20)5-2-14-3-7-17(21)8-4-14/h2-8,11-12,18,22-23H,9-10,13H2,1H3/b5-2+. The summed E-state index contributed by atoms with van der Waals surface area (Å²) in [4.78, 5) is 12.3. The molecule has 0 saturated heterocycles. The predicted octanol–water partition coefficient (Wildman–Crippen LogP) is 3.94. The molecule has 0 heterocycles. The molecule has 0 amide bonds. The van der Waals surface area contributed by atoms with Crippen molar-refractivity contribution in [3.05, 3.63) is 63.6 Å². The number of ether oxygens (including phenoxy) is 1. The molecule has 2 aromatic carbocycles. The highest BCUT2D eigenvalue weighted by atomic mass is 79.9. The van der Waals surface area contributed by atoms with Crippen molar-refractivity contribution in [3.8, 4) is 5.75 Å². The van der Waals surface area contributed by atoms with Gasteiger partial charge < -0.3 is 14.9 Å². The summed E-state index contributed by atoms with van der Waals surface area (Å²) in [6.07, 6.45) is 3.42. The first-order valence-electron chi connectivity index (χ1n) is 7.97. The lowest BCUT2D eigenvalue weighted by Gasteiger charge is -2.09. The van der Waals surface area contributed by atoms with E-state index in [9.17, 15) is 9.90 Å². The number of rotatable bonds is 8. The lowest BCUT2D eigenvalue weighted by molar-refractivity contribution is 0.0779. The molecule has 132 valence electrons. The number of halogens is 1. The highest BCUT2D eigenvalue weighted by molar-refractivity contribution is 9.10. The zero-order valence-corrected chi connectivity index (χ0v) is 15.6. The van der Waals surface area contributed by atoms with E-state index in [1.807, 2.05) is 36.4 Å². The van der Waals surface area contributed by atoms with Crippen molar-refractivity contribution in [3.63, 3.8) is 0 Å². The van der Waals surface area contributed by atoms with Gasteiger partial charge in [-0.2, -0.15) is 0 Å². The first-order chi connectivity index (χ1) is 12.0. The zero-order chi connectivity index (χ0) is 18.2. The monoisotopic (exact) mass is 404 g/mol. The highest BCUT2D eigenvalue weighted by Gasteiger charge is 2.11. The number of methoxy groups -OCH3 is 1. The highest BCUT2D eigenvalue weighted by Crippen LogP contribution is 2.24. The van der Waals surface area contributed by atoms with E-state index >= 15 is 0 Å². The summed E-state index contributed by atoms with van der Waals surface area (Å²) in [7, 11) is 1.59. The molecule has 0 spiro atoms. The Morgan fingerprint density at radius 3 is 2.56 bits per heavy atom. The van der Waals surface area contributed by atoms with E-state index in [0.29, 0.717) is 11.3 Å². The summed E-state index contributed by atoms with van der Waals surface area (Å²) in [5, 5.41) is 18.2. The van der Waals surface area contributed by atoms with Crippen LogP contribution in [0.1, 0.15) is 34.3 Å². The Morgan fingerprint density at radius 1 is 1.20 bits per heavy atom. The van der Waals surface area contributed by atoms with Crippen LogP contribution in [0.3, 0.4) is 0 Å². The van der Waals surface area contributed by atoms with E-state index < -0.39 is 6.10 Å². The van der Waals surface area contributed by atoms with Gasteiger partial charge in [-0.1, -0.05) is 40.2 Å². The number of aliphatic hydroxyl groups excluding tert-OH is 2. The Balaban J connectivity index is 2.18. The molecule has 5 heteroatoms. The number of aliphatic hydroxyl groups is 2. The summed E-state index contributed by atoms with van der Waals surface area (Å²) in [6, 6.07) is 13.1. The fourth-order valence-corrected chi connectivity index (χ4v) is 2.60. The number of ketones is 1. The number of hydrogen-bond acceptors (Lipinski definition) is 4. The smallest absolute Gasteiger partial charge is 0.162 e. The fraction of sp³-hybridized carbons (Fsp3) is 0.250. The maximum absolute atomic E-state index is 12.3. The minimum absolute atomic E-state index is 0.0755. The quantitative estimate of drug-likeness (QED) is 0.516. The van der Waals surface area contributed by atoms with E-state index in [1.54, 1.807) is 25.3 Å². The molecule has 0 aliphatic carbocycles. The van der Waals surface area contributed by atoms with Gasteiger partial charge in [0.1, 0.15) is 5.75 Å². The summed E-state index contributed by atoms with van der Waals surface area (Å²) in [5.74, 6) is 0.605. The predicted molar refractivity (Wildman–Crippen MR) is 103 cm³/mol. The van der Waals surface area contributed by atoms with Gasteiger partial charge in [0.15, 0.2) is 5.78 Å². The van der Waals surface area contributed by atoms with Crippen molar-refractivity contribution >= 4 is 33.9 Å². The number of hydrogen-bond donors (Lipinski definition) is 2. The molecule has 0 radical (unpaired) electrons. The number of Topliss-reactive ketones (excluding diaryl/α,β-unsaturated/α-hetero) is 1. The summed E-state index contributed by atoms with van der Waals surface area (Å²) in [5.41, 5.74) is 2.40. The van der Waals surface area contributed by atoms with Gasteiger partial charge in [0, 0.05) is 22.0 Å². The first kappa shape index (κ1) is 19.4. The largest absolute Gasteiger partial charge is 0.496 e. The van der Waals surface area contributed by atoms with Crippen molar-refractivity contribution in [2.24, 2.45) is 0 Å². The second-order valence-electron chi connectivity index (χ2n) is 5.64. The molecule has 0 saturated carbocycles. The van der Waals surface area contributed by atoms with E-state index in [1.165, 1.54) is 0 Å². The Kier molecular flexibility index (Phi) is 7.37. The van der Waals surface area contributed by atoms with Crippen molar-refractivity contribution < 1.29 is 19.7 Å². The van der Waals surface area contributed by atoms with E-state index in [2.05, 4.69) is 15.9 Å². The average Bonchev–Trinajstić information content (AvgIpc) is 2.65. The van der Waals surface area contributed by atoms with Gasteiger partial charge in [0.2, 0.25) is 0 Å². The molecule has 0 aromatic heterocycles. The second kappa shape index (κ2) is 9.51. The Labute approximate surface area is 155 Å². The molecule has 1 unspecified atom stereocenters. The Bertz CT molecular complexity index is 738. The SMILES string of the molecule is COc1ccc(C(=O)CCC(O)CO)cc1/C=C/c1ccc(Br)cc1. The van der Waals surface area contributed by atoms with Crippen molar-refractivity contribution in [2.45, 2.75) is 18.9 Å². The topological polar surface area (TPSA) is 66.8 Å². The number of carbonyl (C=O) groups excluding carboxylic acids is 1. The van der Waals surface area contributed by atoms with E-state index in [4.69, 9.17) is 9.84 Å². The van der Waals surface area contributed by atoms with Crippen LogP contribution in [-0.4, -0.2) is 35.8 Å². The van der Waals surface area contributed by atoms with E-state index in [-0.39, 0.29) is 25.2 Å². The maximum Gasteiger partial charge on any atom is 0.162 e. The average molecular weight is 405 g/mol. The van der Waals surface area contributed by atoms with Crippen LogP contribution in [-0.2, 0) is 0 Å². The molecular weight excluding hydrogens is 384 g/mol. The fourth-order valence-electron chi connectivity index (χ4n) is 2.33. The van der Waals surface area contributed by atoms with Crippen LogP contribution in [0.15, 0.2) is 46.9 Å². The maximum atomic E-state index is 12.3. The number of carbonyl (C=O) groups is 1. The van der Waals surface area contributed by atoms with Crippen LogP contribution in [0.2, 0.25) is 0 Å². The minimum Gasteiger partial charge on any atom is -0.496 e. The third-order valence-corrected chi connectivity index (χ3v) is 4.32. The van der Waals surface area contributed by atoms with Gasteiger partial charge in [-0.05, 0) is 42.3 Å². The van der Waals surface area contributed by atoms with Gasteiger partial charge in [-0.15, -0.1) is 0 Å². The van der Waals surface area contributed by atoms with Crippen molar-refractivity contribution in [2.75, 3.05) is 13.7 Å². The van der Waals surface area contributed by atoms with Crippen molar-refractivity contribution in [1.29, 1.82) is 0 Å². The molecule has 0 bridgehead atoms. The summed E-state index contributed by atoms with van der Waals surface area (Å²) >= 11 is 3.40. The molecular formula is C20H21BrO4. The van der Waals surface area contributed by atoms with Crippen molar-refractivity contribution in [1.82, 2.24) is 0 Å². The summed E-state index contributed by atoms with van der Waals surface area (Å²) < 4.78 is 6.37. The lowest BCUT2D eigenvalue weighted by atomic mass is 10.0. The van der Waals surface area contributed by atoms with Crippen LogP contribution in [0, 0.1) is 0 Å². The molecule has 2 rings (SSSR count). The third kappa shape index (κ3) is 5.81. The van der Waals surface area contributed by atoms with Gasteiger partial charge >= 0.3 is 0 Å². The van der Waals surface area contributed by atoms with Gasteiger partial charge in [-0.25, -0.2) is 0 Å². The molecule has 4 nitrogen and oxygen atoms in total. The third-order valence-electron chi connectivity index (χ3n) is 3.79. The van der Waals surface area contributed by atoms with Gasteiger partial charge in [-0.3, -0.25) is 4.79 Å². The second-order valence-corrected chi connectivity index (χ2v) is 6.56. The summed E-state index contributed by atoms with van der Waals surface area (Å²) in [6.45, 7) is -0.336. The molecule has 0 aliphatic rings. The van der Waals surface area contributed by atoms with Crippen LogP contribution in [0.25, 0.3) is 12.2 Å². The van der Waals surface area contributed by atoms with Crippen LogP contribution < -0.4 is 4.74 Å². The van der Waals surface area contributed by atoms with Gasteiger partial charge in [0.05, 0.1) is 19.8 Å². The Morgan fingerprint density at radius 2 is 1.92 bits per heavy atom. The molecule has 25 heavy (non-hydrogen) atoms. The first-order valence-corrected chi connectivity index (χ1v) is 8.76. The molecule has 2 aromatic rings. The molecule has 0 aliphatic heterocycles.